The molecule has 6 nitrogen and oxygen atoms in total. The number of guanidine groups is 1. The summed E-state index contributed by atoms with van der Waals surface area (Å²) in [7, 11) is 1.62. The number of thiazole rings is 1. The number of rotatable bonds is 5. The fourth-order valence-electron chi connectivity index (χ4n) is 2.77. The van der Waals surface area contributed by atoms with Crippen molar-refractivity contribution < 1.29 is 4.74 Å². The lowest BCUT2D eigenvalue weighted by molar-refractivity contribution is 0.415. The maximum absolute atomic E-state index is 9.30. The molecule has 0 aliphatic carbocycles. The number of ether oxygens (including phenoxy) is 1. The van der Waals surface area contributed by atoms with Crippen LogP contribution in [0.5, 0.6) is 5.75 Å². The Hall–Kier alpha value is -2.89. The highest BCUT2D eigenvalue weighted by molar-refractivity contribution is 7.73. The quantitative estimate of drug-likeness (QED) is 0.199. The topological polar surface area (TPSA) is 76.4 Å². The number of nitrogens with zero attached hydrogens (tertiary/aromatic N) is 3. The molecule has 3 aromatic rings. The zero-order valence-electron chi connectivity index (χ0n) is 15.9. The van der Waals surface area contributed by atoms with Gasteiger partial charge in [-0.1, -0.05) is 13.8 Å². The number of nitriles is 1. The second kappa shape index (κ2) is 8.87. The maximum Gasteiger partial charge on any atom is 0.217 e. The van der Waals surface area contributed by atoms with E-state index in [1.165, 1.54) is 11.3 Å². The van der Waals surface area contributed by atoms with Crippen LogP contribution in [0.25, 0.3) is 10.2 Å². The first-order valence-corrected chi connectivity index (χ1v) is 10.0. The predicted octanol–water partition coefficient (Wildman–Crippen LogP) is 5.19. The molecule has 144 valence electrons. The molecule has 8 heteroatoms. The largest absolute Gasteiger partial charge is 0.497 e. The fourth-order valence-corrected chi connectivity index (χ4v) is 3.91. The summed E-state index contributed by atoms with van der Waals surface area (Å²) in [5, 5.41) is 12.0. The summed E-state index contributed by atoms with van der Waals surface area (Å²) < 4.78 is 7.00. The Balaban J connectivity index is 2.05. The Labute approximate surface area is 173 Å². The summed E-state index contributed by atoms with van der Waals surface area (Å²) in [6.45, 7) is 4.96. The van der Waals surface area contributed by atoms with Crippen LogP contribution in [-0.2, 0) is 0 Å². The molecule has 0 saturated carbocycles. The molecular weight excluding hydrogens is 390 g/mol. The minimum Gasteiger partial charge on any atom is -0.497 e. The highest BCUT2D eigenvalue weighted by Crippen LogP contribution is 2.27. The summed E-state index contributed by atoms with van der Waals surface area (Å²) in [5.41, 5.74) is 2.68. The average molecular weight is 412 g/mol. The number of aliphatic imine (C=N–C) groups is 1. The van der Waals surface area contributed by atoms with Crippen LogP contribution < -0.4 is 15.0 Å². The van der Waals surface area contributed by atoms with Gasteiger partial charge < -0.3 is 14.6 Å². The molecule has 2 aromatic carbocycles. The Kier molecular flexibility index (Phi) is 6.29. The third-order valence-corrected chi connectivity index (χ3v) is 5.19. The van der Waals surface area contributed by atoms with Crippen molar-refractivity contribution in [1.29, 1.82) is 5.26 Å². The zero-order chi connectivity index (χ0) is 20.1. The summed E-state index contributed by atoms with van der Waals surface area (Å²) in [4.78, 5) is 9.86. The third kappa shape index (κ3) is 4.68. The monoisotopic (exact) mass is 411 g/mol. The number of nitrogens with one attached hydrogen (secondary N) is 2. The van der Waals surface area contributed by atoms with Crippen LogP contribution in [0.1, 0.15) is 13.8 Å². The van der Waals surface area contributed by atoms with Crippen LogP contribution in [0.15, 0.2) is 47.5 Å². The molecule has 2 N–H and O–H groups in total. The van der Waals surface area contributed by atoms with Gasteiger partial charge in [0.05, 0.1) is 23.0 Å². The number of H-pyrrole nitrogens is 1. The van der Waals surface area contributed by atoms with E-state index in [1.54, 1.807) is 7.11 Å². The first-order valence-electron chi connectivity index (χ1n) is 8.78. The van der Waals surface area contributed by atoms with Crippen LogP contribution in [0.2, 0.25) is 0 Å². The van der Waals surface area contributed by atoms with Crippen molar-refractivity contribution in [3.05, 3.63) is 46.4 Å². The SMILES string of the molecule is COc1ccc(N=C(NC#N)N(CC(C)C)c2ccc3[nH]c(=S)sc3c2)cc1. The van der Waals surface area contributed by atoms with Crippen LogP contribution in [0.4, 0.5) is 11.4 Å². The maximum atomic E-state index is 9.30. The molecule has 1 heterocycles. The van der Waals surface area contributed by atoms with E-state index in [1.807, 2.05) is 47.5 Å². The van der Waals surface area contributed by atoms with E-state index >= 15 is 0 Å². The van der Waals surface area contributed by atoms with E-state index in [-0.39, 0.29) is 0 Å². The van der Waals surface area contributed by atoms with E-state index in [9.17, 15) is 5.26 Å². The van der Waals surface area contributed by atoms with Crippen molar-refractivity contribution in [2.24, 2.45) is 10.9 Å². The number of methoxy groups -OCH3 is 1. The molecule has 3 rings (SSSR count). The second-order valence-electron chi connectivity index (χ2n) is 6.57. The summed E-state index contributed by atoms with van der Waals surface area (Å²) in [5.74, 6) is 1.59. The van der Waals surface area contributed by atoms with Crippen LogP contribution >= 0.6 is 23.6 Å². The van der Waals surface area contributed by atoms with Gasteiger partial charge in [-0.3, -0.25) is 5.32 Å². The molecule has 28 heavy (non-hydrogen) atoms. The first-order chi connectivity index (χ1) is 13.5. The van der Waals surface area contributed by atoms with Gasteiger partial charge in [0.25, 0.3) is 0 Å². The lowest BCUT2D eigenvalue weighted by atomic mass is 10.2. The number of aromatic amines is 1. The second-order valence-corrected chi connectivity index (χ2v) is 8.29. The first kappa shape index (κ1) is 19.9. The molecule has 0 spiro atoms. The summed E-state index contributed by atoms with van der Waals surface area (Å²) in [6, 6.07) is 13.5. The highest BCUT2D eigenvalue weighted by Gasteiger charge is 2.17. The third-order valence-electron chi connectivity index (χ3n) is 3.99. The fraction of sp³-hybridized carbons (Fsp3) is 0.250. The Morgan fingerprint density at radius 2 is 2.07 bits per heavy atom. The van der Waals surface area contributed by atoms with Crippen molar-refractivity contribution in [3.63, 3.8) is 0 Å². The molecule has 0 fully saturated rings. The molecule has 0 bridgehead atoms. The standard InChI is InChI=1S/C20H21N5OS2/c1-13(2)11-25(15-6-9-17-18(10-15)28-20(27)24-17)19(22-12-21)23-14-4-7-16(26-3)8-5-14/h4-10,13H,11H2,1-3H3,(H,22,23)(H,24,27). The van der Waals surface area contributed by atoms with Crippen molar-refractivity contribution in [3.8, 4) is 11.9 Å². The molecule has 0 amide bonds. The van der Waals surface area contributed by atoms with E-state index in [0.29, 0.717) is 18.4 Å². The van der Waals surface area contributed by atoms with Gasteiger partial charge in [0.2, 0.25) is 5.96 Å². The molecule has 0 aliphatic rings. The number of hydrogen-bond donors (Lipinski definition) is 2. The Bertz CT molecular complexity index is 1080. The molecule has 1 aromatic heterocycles. The lowest BCUT2D eigenvalue weighted by Gasteiger charge is -2.27. The summed E-state index contributed by atoms with van der Waals surface area (Å²) in [6.07, 6.45) is 2.01. The van der Waals surface area contributed by atoms with Crippen molar-refractivity contribution in [2.45, 2.75) is 13.8 Å². The molecule has 0 aliphatic heterocycles. The van der Waals surface area contributed by atoms with Gasteiger partial charge in [0, 0.05) is 12.2 Å². The summed E-state index contributed by atoms with van der Waals surface area (Å²) >= 11 is 6.78. The molecule has 0 saturated heterocycles. The van der Waals surface area contributed by atoms with Gasteiger partial charge in [-0.15, -0.1) is 11.3 Å². The normalized spacial score (nSPS) is 11.5. The van der Waals surface area contributed by atoms with Gasteiger partial charge in [-0.2, -0.15) is 5.26 Å². The van der Waals surface area contributed by atoms with Gasteiger partial charge >= 0.3 is 0 Å². The Morgan fingerprint density at radius 3 is 2.71 bits per heavy atom. The van der Waals surface area contributed by atoms with Crippen molar-refractivity contribution >= 4 is 51.1 Å². The molecule has 0 radical (unpaired) electrons. The predicted molar refractivity (Wildman–Crippen MR) is 118 cm³/mol. The van der Waals surface area contributed by atoms with Crippen LogP contribution in [0.3, 0.4) is 0 Å². The number of benzene rings is 2. The van der Waals surface area contributed by atoms with E-state index in [0.717, 1.165) is 31.3 Å². The van der Waals surface area contributed by atoms with E-state index in [4.69, 9.17) is 17.0 Å². The number of anilines is 1. The molecule has 0 atom stereocenters. The number of fused-ring (bicyclic) bond motifs is 1. The average Bonchev–Trinajstić information content (AvgIpc) is 3.05. The lowest BCUT2D eigenvalue weighted by Crippen LogP contribution is -2.41. The number of aromatic nitrogens is 1. The minimum atomic E-state index is 0.363. The zero-order valence-corrected chi connectivity index (χ0v) is 17.5. The van der Waals surface area contributed by atoms with E-state index in [2.05, 4.69) is 35.2 Å². The molecular formula is C20H21N5OS2. The minimum absolute atomic E-state index is 0.363. The van der Waals surface area contributed by atoms with Crippen molar-refractivity contribution in [1.82, 2.24) is 10.3 Å². The van der Waals surface area contributed by atoms with Gasteiger partial charge in [0.1, 0.15) is 5.75 Å². The highest BCUT2D eigenvalue weighted by atomic mass is 32.1. The van der Waals surface area contributed by atoms with Crippen LogP contribution in [0, 0.1) is 21.3 Å². The smallest absolute Gasteiger partial charge is 0.217 e. The number of hydrogen-bond acceptors (Lipinski definition) is 5. The van der Waals surface area contributed by atoms with Gasteiger partial charge in [-0.05, 0) is 60.6 Å². The van der Waals surface area contributed by atoms with Gasteiger partial charge in [0.15, 0.2) is 10.1 Å². The van der Waals surface area contributed by atoms with Crippen LogP contribution in [-0.4, -0.2) is 24.6 Å². The Morgan fingerprint density at radius 1 is 1.32 bits per heavy atom. The van der Waals surface area contributed by atoms with Gasteiger partial charge in [-0.25, -0.2) is 4.99 Å². The molecule has 0 unspecified atom stereocenters. The van der Waals surface area contributed by atoms with E-state index < -0.39 is 0 Å². The van der Waals surface area contributed by atoms with Crippen molar-refractivity contribution in [2.75, 3.05) is 18.6 Å².